The van der Waals surface area contributed by atoms with Crippen molar-refractivity contribution in [1.29, 1.82) is 0 Å². The maximum absolute atomic E-state index is 12.6. The van der Waals surface area contributed by atoms with Crippen LogP contribution in [0.2, 0.25) is 5.02 Å². The molecule has 3 rings (SSSR count). The number of pyridine rings is 1. The molecule has 0 saturated carbocycles. The SMILES string of the molecule is C[C@@H](NC(=O)c1cc(Cl)cc(S(C)(=O)=O)c1)c1ncnn1-c1ccccn1. The van der Waals surface area contributed by atoms with E-state index < -0.39 is 21.8 Å². The van der Waals surface area contributed by atoms with E-state index >= 15 is 0 Å². The Morgan fingerprint density at radius 3 is 2.67 bits per heavy atom. The van der Waals surface area contributed by atoms with E-state index in [2.05, 4.69) is 20.4 Å². The molecule has 1 atom stereocenters. The number of nitrogens with one attached hydrogen (secondary N) is 1. The van der Waals surface area contributed by atoms with Crippen LogP contribution in [0.3, 0.4) is 0 Å². The van der Waals surface area contributed by atoms with Crippen LogP contribution in [0.4, 0.5) is 0 Å². The van der Waals surface area contributed by atoms with Gasteiger partial charge in [0.15, 0.2) is 21.5 Å². The van der Waals surface area contributed by atoms with Crippen molar-refractivity contribution in [1.82, 2.24) is 25.1 Å². The Labute approximate surface area is 161 Å². The fourth-order valence-corrected chi connectivity index (χ4v) is 3.44. The molecule has 27 heavy (non-hydrogen) atoms. The highest BCUT2D eigenvalue weighted by atomic mass is 35.5. The highest BCUT2D eigenvalue weighted by molar-refractivity contribution is 7.90. The summed E-state index contributed by atoms with van der Waals surface area (Å²) in [5.74, 6) is 0.561. The molecule has 0 bridgehead atoms. The van der Waals surface area contributed by atoms with Crippen LogP contribution in [0.1, 0.15) is 29.1 Å². The first kappa shape index (κ1) is 19.0. The van der Waals surface area contributed by atoms with Crippen molar-refractivity contribution in [3.8, 4) is 5.82 Å². The molecule has 1 aromatic carbocycles. The van der Waals surface area contributed by atoms with Gasteiger partial charge in [0.25, 0.3) is 5.91 Å². The summed E-state index contributed by atoms with van der Waals surface area (Å²) in [6, 6.07) is 8.84. The number of carbonyl (C=O) groups is 1. The van der Waals surface area contributed by atoms with Crippen molar-refractivity contribution in [3.63, 3.8) is 0 Å². The third-order valence-corrected chi connectivity index (χ3v) is 5.05. The highest BCUT2D eigenvalue weighted by Gasteiger charge is 2.20. The number of halogens is 1. The van der Waals surface area contributed by atoms with Crippen LogP contribution >= 0.6 is 11.6 Å². The quantitative estimate of drug-likeness (QED) is 0.697. The van der Waals surface area contributed by atoms with Gasteiger partial charge >= 0.3 is 0 Å². The summed E-state index contributed by atoms with van der Waals surface area (Å²) in [4.78, 5) is 21.0. The normalized spacial score (nSPS) is 12.6. The van der Waals surface area contributed by atoms with Gasteiger partial charge in [-0.15, -0.1) is 0 Å². The minimum absolute atomic E-state index is 0.0237. The molecule has 2 aromatic heterocycles. The molecule has 0 fully saturated rings. The summed E-state index contributed by atoms with van der Waals surface area (Å²) in [6.07, 6.45) is 4.05. The molecule has 8 nitrogen and oxygen atoms in total. The van der Waals surface area contributed by atoms with Crippen molar-refractivity contribution in [2.75, 3.05) is 6.26 Å². The van der Waals surface area contributed by atoms with Gasteiger partial charge in [-0.2, -0.15) is 9.78 Å². The molecular weight excluding hydrogens is 390 g/mol. The second kappa shape index (κ2) is 7.45. The third-order valence-electron chi connectivity index (χ3n) is 3.74. The molecule has 0 aliphatic heterocycles. The third kappa shape index (κ3) is 4.32. The lowest BCUT2D eigenvalue weighted by Crippen LogP contribution is -2.29. The molecule has 0 saturated heterocycles. The molecule has 1 N–H and O–H groups in total. The Balaban J connectivity index is 1.86. The van der Waals surface area contributed by atoms with E-state index in [1.807, 2.05) is 6.07 Å². The van der Waals surface area contributed by atoms with Crippen molar-refractivity contribution in [3.05, 3.63) is 65.3 Å². The predicted octanol–water partition coefficient (Wildman–Crippen LogP) is 2.21. The summed E-state index contributed by atoms with van der Waals surface area (Å²) in [7, 11) is -3.49. The monoisotopic (exact) mass is 405 g/mol. The molecule has 2 heterocycles. The number of sulfone groups is 1. The standard InChI is InChI=1S/C17H16ClN5O3S/c1-11(16-20-10-21-23(16)15-5-3-4-6-19-15)22-17(24)12-7-13(18)9-14(8-12)27(2,25)26/h3-11H,1-2H3,(H,22,24)/t11-/m1/s1. The Kier molecular flexibility index (Phi) is 5.24. The molecule has 0 aliphatic carbocycles. The van der Waals surface area contributed by atoms with Gasteiger partial charge in [-0.25, -0.2) is 18.4 Å². The van der Waals surface area contributed by atoms with Gasteiger partial charge in [-0.3, -0.25) is 4.79 Å². The molecule has 0 spiro atoms. The van der Waals surface area contributed by atoms with Crippen LogP contribution in [-0.2, 0) is 9.84 Å². The van der Waals surface area contributed by atoms with Crippen molar-refractivity contribution < 1.29 is 13.2 Å². The van der Waals surface area contributed by atoms with Crippen molar-refractivity contribution in [2.45, 2.75) is 17.9 Å². The van der Waals surface area contributed by atoms with Gasteiger partial charge in [0.1, 0.15) is 6.33 Å². The fraction of sp³-hybridized carbons (Fsp3) is 0.176. The molecule has 0 aliphatic rings. The van der Waals surface area contributed by atoms with E-state index in [9.17, 15) is 13.2 Å². The van der Waals surface area contributed by atoms with Crippen LogP contribution in [-0.4, -0.2) is 40.3 Å². The lowest BCUT2D eigenvalue weighted by Gasteiger charge is -2.15. The number of aromatic nitrogens is 4. The maximum Gasteiger partial charge on any atom is 0.251 e. The number of rotatable bonds is 5. The van der Waals surface area contributed by atoms with Gasteiger partial charge in [-0.05, 0) is 37.3 Å². The van der Waals surface area contributed by atoms with Crippen molar-refractivity contribution in [2.24, 2.45) is 0 Å². The lowest BCUT2D eigenvalue weighted by atomic mass is 10.2. The Morgan fingerprint density at radius 2 is 2.00 bits per heavy atom. The minimum atomic E-state index is -3.49. The number of hydrogen-bond acceptors (Lipinski definition) is 6. The first-order valence-electron chi connectivity index (χ1n) is 7.88. The molecule has 10 heteroatoms. The van der Waals surface area contributed by atoms with E-state index in [4.69, 9.17) is 11.6 Å². The lowest BCUT2D eigenvalue weighted by molar-refractivity contribution is 0.0937. The van der Waals surface area contributed by atoms with Crippen LogP contribution in [0, 0.1) is 0 Å². The largest absolute Gasteiger partial charge is 0.342 e. The van der Waals surface area contributed by atoms with Gasteiger partial charge in [0.2, 0.25) is 0 Å². The summed E-state index contributed by atoms with van der Waals surface area (Å²) in [5.41, 5.74) is 0.138. The molecule has 3 aromatic rings. The van der Waals surface area contributed by atoms with Gasteiger partial charge < -0.3 is 5.32 Å². The van der Waals surface area contributed by atoms with Crippen LogP contribution < -0.4 is 5.32 Å². The molecule has 0 unspecified atom stereocenters. The fourth-order valence-electron chi connectivity index (χ4n) is 2.45. The second-order valence-electron chi connectivity index (χ2n) is 5.86. The number of nitrogens with zero attached hydrogens (tertiary/aromatic N) is 4. The first-order valence-corrected chi connectivity index (χ1v) is 10.2. The number of carbonyl (C=O) groups excluding carboxylic acids is 1. The van der Waals surface area contributed by atoms with E-state index in [0.717, 1.165) is 6.26 Å². The summed E-state index contributed by atoms with van der Waals surface area (Å²) in [5, 5.41) is 7.07. The molecular formula is C17H16ClN5O3S. The van der Waals surface area contributed by atoms with E-state index in [-0.39, 0.29) is 15.5 Å². The number of amides is 1. The summed E-state index contributed by atoms with van der Waals surface area (Å²) >= 11 is 5.96. The molecule has 1 amide bonds. The predicted molar refractivity (Wildman–Crippen MR) is 99.6 cm³/mol. The zero-order valence-electron chi connectivity index (χ0n) is 14.5. The van der Waals surface area contributed by atoms with E-state index in [1.165, 1.54) is 29.2 Å². The first-order chi connectivity index (χ1) is 12.8. The number of benzene rings is 1. The average molecular weight is 406 g/mol. The van der Waals surface area contributed by atoms with Crippen LogP contribution in [0.5, 0.6) is 0 Å². The Hall–Kier alpha value is -2.78. The van der Waals surface area contributed by atoms with Gasteiger partial charge in [-0.1, -0.05) is 17.7 Å². The maximum atomic E-state index is 12.6. The van der Waals surface area contributed by atoms with Crippen molar-refractivity contribution >= 4 is 27.3 Å². The highest BCUT2D eigenvalue weighted by Crippen LogP contribution is 2.20. The zero-order chi connectivity index (χ0) is 19.6. The second-order valence-corrected chi connectivity index (χ2v) is 8.31. The van der Waals surface area contributed by atoms with E-state index in [0.29, 0.717) is 11.6 Å². The van der Waals surface area contributed by atoms with Crippen LogP contribution in [0.25, 0.3) is 5.82 Å². The Bertz CT molecular complexity index is 1080. The number of hydrogen-bond donors (Lipinski definition) is 1. The summed E-state index contributed by atoms with van der Waals surface area (Å²) in [6.45, 7) is 1.74. The molecule has 140 valence electrons. The van der Waals surface area contributed by atoms with Gasteiger partial charge in [0, 0.05) is 23.0 Å². The average Bonchev–Trinajstić information content (AvgIpc) is 3.11. The smallest absolute Gasteiger partial charge is 0.251 e. The van der Waals surface area contributed by atoms with E-state index in [1.54, 1.807) is 25.3 Å². The topological polar surface area (TPSA) is 107 Å². The van der Waals surface area contributed by atoms with Gasteiger partial charge in [0.05, 0.1) is 10.9 Å². The zero-order valence-corrected chi connectivity index (χ0v) is 16.1. The Morgan fingerprint density at radius 1 is 1.22 bits per heavy atom. The molecule has 0 radical (unpaired) electrons. The van der Waals surface area contributed by atoms with Crippen LogP contribution in [0.15, 0.2) is 53.8 Å². The minimum Gasteiger partial charge on any atom is -0.342 e. The summed E-state index contributed by atoms with van der Waals surface area (Å²) < 4.78 is 25.0.